The number of carbonyl (C=O) groups is 1. The smallest absolute Gasteiger partial charge is 0.317 e. The third-order valence-corrected chi connectivity index (χ3v) is 2.77. The standard InChI is InChI=1S/C15H24N2O3/c1-11(2)13-7-5-6-8-14(13)20-12(3)17-15(18)16-9-10-19-4/h5-8,11-12H,9-10H2,1-4H3,(H2,16,17,18). The number of rotatable bonds is 7. The Morgan fingerprint density at radius 3 is 2.60 bits per heavy atom. The van der Waals surface area contributed by atoms with Crippen molar-refractivity contribution in [3.63, 3.8) is 0 Å². The van der Waals surface area contributed by atoms with Gasteiger partial charge < -0.3 is 20.1 Å². The van der Waals surface area contributed by atoms with Gasteiger partial charge in [-0.25, -0.2) is 4.79 Å². The maximum absolute atomic E-state index is 11.6. The Morgan fingerprint density at radius 1 is 1.25 bits per heavy atom. The van der Waals surface area contributed by atoms with Crippen molar-refractivity contribution in [1.82, 2.24) is 10.6 Å². The number of amides is 2. The molecule has 1 rings (SSSR count). The predicted molar refractivity (Wildman–Crippen MR) is 79.0 cm³/mol. The molecule has 0 aliphatic rings. The molecule has 0 fully saturated rings. The fourth-order valence-corrected chi connectivity index (χ4v) is 1.79. The van der Waals surface area contributed by atoms with Crippen molar-refractivity contribution in [2.45, 2.75) is 32.9 Å². The van der Waals surface area contributed by atoms with Gasteiger partial charge in [-0.05, 0) is 24.5 Å². The second kappa shape index (κ2) is 8.43. The van der Waals surface area contributed by atoms with E-state index in [-0.39, 0.29) is 6.03 Å². The van der Waals surface area contributed by atoms with Gasteiger partial charge in [0.25, 0.3) is 0 Å². The van der Waals surface area contributed by atoms with Crippen molar-refractivity contribution >= 4 is 6.03 Å². The summed E-state index contributed by atoms with van der Waals surface area (Å²) in [7, 11) is 1.59. The molecule has 1 unspecified atom stereocenters. The van der Waals surface area contributed by atoms with Crippen LogP contribution in [0.1, 0.15) is 32.3 Å². The number of benzene rings is 1. The highest BCUT2D eigenvalue weighted by Crippen LogP contribution is 2.26. The molecular weight excluding hydrogens is 256 g/mol. The molecule has 0 aromatic heterocycles. The van der Waals surface area contributed by atoms with Crippen LogP contribution in [0.2, 0.25) is 0 Å². The summed E-state index contributed by atoms with van der Waals surface area (Å²) in [5, 5.41) is 5.41. The first-order chi connectivity index (χ1) is 9.54. The van der Waals surface area contributed by atoms with E-state index in [1.54, 1.807) is 14.0 Å². The lowest BCUT2D eigenvalue weighted by Gasteiger charge is -2.20. The Balaban J connectivity index is 2.50. The van der Waals surface area contributed by atoms with Crippen LogP contribution in [0.25, 0.3) is 0 Å². The van der Waals surface area contributed by atoms with E-state index in [4.69, 9.17) is 9.47 Å². The summed E-state index contributed by atoms with van der Waals surface area (Å²) in [6, 6.07) is 7.59. The highest BCUT2D eigenvalue weighted by molar-refractivity contribution is 5.73. The quantitative estimate of drug-likeness (QED) is 0.596. The zero-order valence-electron chi connectivity index (χ0n) is 12.6. The second-order valence-corrected chi connectivity index (χ2v) is 4.85. The van der Waals surface area contributed by atoms with Crippen LogP contribution in [0.15, 0.2) is 24.3 Å². The van der Waals surface area contributed by atoms with Crippen molar-refractivity contribution in [1.29, 1.82) is 0 Å². The van der Waals surface area contributed by atoms with E-state index >= 15 is 0 Å². The summed E-state index contributed by atoms with van der Waals surface area (Å²) in [6.45, 7) is 6.97. The minimum atomic E-state index is -0.405. The summed E-state index contributed by atoms with van der Waals surface area (Å²) in [6.07, 6.45) is -0.405. The second-order valence-electron chi connectivity index (χ2n) is 4.85. The van der Waals surface area contributed by atoms with Crippen LogP contribution >= 0.6 is 0 Å². The molecule has 0 spiro atoms. The lowest BCUT2D eigenvalue weighted by atomic mass is 10.0. The molecule has 1 aromatic rings. The Labute approximate surface area is 120 Å². The van der Waals surface area contributed by atoms with E-state index < -0.39 is 6.23 Å². The molecule has 0 aliphatic heterocycles. The SMILES string of the molecule is COCCNC(=O)NC(C)Oc1ccccc1C(C)C. The zero-order valence-corrected chi connectivity index (χ0v) is 12.6. The summed E-state index contributed by atoms with van der Waals surface area (Å²) < 4.78 is 10.6. The molecule has 0 radical (unpaired) electrons. The molecule has 5 heteroatoms. The van der Waals surface area contributed by atoms with Crippen LogP contribution < -0.4 is 15.4 Å². The van der Waals surface area contributed by atoms with E-state index in [1.165, 1.54) is 0 Å². The Kier molecular flexibility index (Phi) is 6.87. The Hall–Kier alpha value is -1.75. The average Bonchev–Trinajstić information content (AvgIpc) is 2.39. The zero-order chi connectivity index (χ0) is 15.0. The normalized spacial score (nSPS) is 12.1. The van der Waals surface area contributed by atoms with Crippen LogP contribution in [0.5, 0.6) is 5.75 Å². The number of para-hydroxylation sites is 1. The van der Waals surface area contributed by atoms with Crippen molar-refractivity contribution in [3.8, 4) is 5.75 Å². The lowest BCUT2D eigenvalue weighted by molar-refractivity contribution is 0.169. The van der Waals surface area contributed by atoms with Gasteiger partial charge in [0.2, 0.25) is 0 Å². The molecule has 112 valence electrons. The van der Waals surface area contributed by atoms with Crippen molar-refractivity contribution in [2.24, 2.45) is 0 Å². The molecule has 0 saturated carbocycles. The molecule has 0 saturated heterocycles. The predicted octanol–water partition coefficient (Wildman–Crippen LogP) is 2.48. The van der Waals surface area contributed by atoms with E-state index in [0.717, 1.165) is 11.3 Å². The molecule has 2 amide bonds. The molecule has 0 heterocycles. The van der Waals surface area contributed by atoms with Gasteiger partial charge in [-0.2, -0.15) is 0 Å². The molecule has 20 heavy (non-hydrogen) atoms. The Bertz CT molecular complexity index is 421. The monoisotopic (exact) mass is 280 g/mol. The lowest BCUT2D eigenvalue weighted by Crippen LogP contribution is -2.44. The molecule has 1 atom stereocenters. The number of nitrogens with one attached hydrogen (secondary N) is 2. The van der Waals surface area contributed by atoms with Gasteiger partial charge in [-0.1, -0.05) is 32.0 Å². The number of ether oxygens (including phenoxy) is 2. The van der Waals surface area contributed by atoms with E-state index in [0.29, 0.717) is 19.1 Å². The molecule has 0 aliphatic carbocycles. The van der Waals surface area contributed by atoms with Crippen LogP contribution in [0, 0.1) is 0 Å². The summed E-state index contributed by atoms with van der Waals surface area (Å²) in [4.78, 5) is 11.6. The van der Waals surface area contributed by atoms with E-state index in [1.807, 2.05) is 24.3 Å². The first-order valence-electron chi connectivity index (χ1n) is 6.83. The highest BCUT2D eigenvalue weighted by Gasteiger charge is 2.12. The minimum Gasteiger partial charge on any atom is -0.471 e. The van der Waals surface area contributed by atoms with Crippen molar-refractivity contribution < 1.29 is 14.3 Å². The molecule has 0 bridgehead atoms. The number of hydrogen-bond acceptors (Lipinski definition) is 3. The number of methoxy groups -OCH3 is 1. The van der Waals surface area contributed by atoms with Gasteiger partial charge in [0.15, 0.2) is 6.23 Å². The van der Waals surface area contributed by atoms with Crippen LogP contribution in [0.4, 0.5) is 4.79 Å². The highest BCUT2D eigenvalue weighted by atomic mass is 16.5. The fraction of sp³-hybridized carbons (Fsp3) is 0.533. The third-order valence-electron chi connectivity index (χ3n) is 2.77. The number of urea groups is 1. The van der Waals surface area contributed by atoms with Gasteiger partial charge in [0, 0.05) is 13.7 Å². The topological polar surface area (TPSA) is 59.6 Å². The van der Waals surface area contributed by atoms with Crippen LogP contribution in [-0.2, 0) is 4.74 Å². The van der Waals surface area contributed by atoms with Crippen LogP contribution in [-0.4, -0.2) is 32.5 Å². The van der Waals surface area contributed by atoms with Crippen LogP contribution in [0.3, 0.4) is 0 Å². The summed E-state index contributed by atoms with van der Waals surface area (Å²) in [5.74, 6) is 1.17. The minimum absolute atomic E-state index is 0.267. The maximum atomic E-state index is 11.6. The molecule has 1 aromatic carbocycles. The molecular formula is C15H24N2O3. The van der Waals surface area contributed by atoms with Crippen molar-refractivity contribution in [3.05, 3.63) is 29.8 Å². The van der Waals surface area contributed by atoms with Gasteiger partial charge >= 0.3 is 6.03 Å². The van der Waals surface area contributed by atoms with Gasteiger partial charge in [0.05, 0.1) is 6.61 Å². The number of hydrogen-bond donors (Lipinski definition) is 2. The van der Waals surface area contributed by atoms with E-state index in [9.17, 15) is 4.79 Å². The summed E-state index contributed by atoms with van der Waals surface area (Å²) >= 11 is 0. The average molecular weight is 280 g/mol. The van der Waals surface area contributed by atoms with E-state index in [2.05, 4.69) is 24.5 Å². The Morgan fingerprint density at radius 2 is 1.95 bits per heavy atom. The fourth-order valence-electron chi connectivity index (χ4n) is 1.79. The first kappa shape index (κ1) is 16.3. The van der Waals surface area contributed by atoms with Gasteiger partial charge in [-0.15, -0.1) is 0 Å². The van der Waals surface area contributed by atoms with Gasteiger partial charge in [0.1, 0.15) is 5.75 Å². The molecule has 5 nitrogen and oxygen atoms in total. The van der Waals surface area contributed by atoms with Gasteiger partial charge in [-0.3, -0.25) is 0 Å². The first-order valence-corrected chi connectivity index (χ1v) is 6.83. The van der Waals surface area contributed by atoms with Crippen molar-refractivity contribution in [2.75, 3.05) is 20.3 Å². The maximum Gasteiger partial charge on any atom is 0.317 e. The largest absolute Gasteiger partial charge is 0.471 e. The summed E-state index contributed by atoms with van der Waals surface area (Å²) in [5.41, 5.74) is 1.13. The number of carbonyl (C=O) groups excluding carboxylic acids is 1. The third kappa shape index (κ3) is 5.48. The molecule has 2 N–H and O–H groups in total.